The Balaban J connectivity index is 2.78. The Kier molecular flexibility index (Phi) is 4.07. The molecule has 1 heterocycles. The minimum absolute atomic E-state index is 0.0417. The standard InChI is InChI=1S/C10H16N2OS/c1-4-6-12(5-2)10-11-9(7-14-10)8(3)13/h7H,4-6H2,1-3H3. The van der Waals surface area contributed by atoms with Crippen molar-refractivity contribution in [3.8, 4) is 0 Å². The SMILES string of the molecule is CCCN(CC)c1nc(C(C)=O)cs1. The molecule has 78 valence electrons. The monoisotopic (exact) mass is 212 g/mol. The van der Waals surface area contributed by atoms with Crippen LogP contribution in [0.2, 0.25) is 0 Å². The molecule has 0 atom stereocenters. The zero-order valence-electron chi connectivity index (χ0n) is 8.91. The second kappa shape index (κ2) is 5.10. The van der Waals surface area contributed by atoms with Gasteiger partial charge in [-0.3, -0.25) is 4.79 Å². The molecule has 0 amide bonds. The first-order valence-electron chi connectivity index (χ1n) is 4.90. The van der Waals surface area contributed by atoms with Gasteiger partial charge in [0.25, 0.3) is 0 Å². The highest BCUT2D eigenvalue weighted by molar-refractivity contribution is 7.13. The van der Waals surface area contributed by atoms with Gasteiger partial charge in [0, 0.05) is 25.4 Å². The Hall–Kier alpha value is -0.900. The molecule has 0 saturated carbocycles. The summed E-state index contributed by atoms with van der Waals surface area (Å²) in [5.74, 6) is 0.0417. The number of Topliss-reactive ketones (excluding diaryl/α,β-unsaturated/α-hetero) is 1. The lowest BCUT2D eigenvalue weighted by atomic mass is 10.4. The van der Waals surface area contributed by atoms with E-state index in [1.807, 2.05) is 5.38 Å². The molecule has 1 aromatic rings. The van der Waals surface area contributed by atoms with Gasteiger partial charge in [-0.05, 0) is 13.3 Å². The number of nitrogens with zero attached hydrogens (tertiary/aromatic N) is 2. The Morgan fingerprint density at radius 1 is 1.57 bits per heavy atom. The Morgan fingerprint density at radius 2 is 2.29 bits per heavy atom. The van der Waals surface area contributed by atoms with E-state index in [1.54, 1.807) is 18.3 Å². The van der Waals surface area contributed by atoms with Crippen LogP contribution in [0.5, 0.6) is 0 Å². The Morgan fingerprint density at radius 3 is 2.71 bits per heavy atom. The van der Waals surface area contributed by atoms with E-state index in [9.17, 15) is 4.79 Å². The third-order valence-corrected chi connectivity index (χ3v) is 2.90. The van der Waals surface area contributed by atoms with Crippen LogP contribution < -0.4 is 4.90 Å². The number of ketones is 1. The molecule has 0 aliphatic rings. The molecule has 1 rings (SSSR count). The minimum Gasteiger partial charge on any atom is -0.348 e. The van der Waals surface area contributed by atoms with Gasteiger partial charge in [0.05, 0.1) is 0 Å². The summed E-state index contributed by atoms with van der Waals surface area (Å²) in [6.07, 6.45) is 1.10. The number of hydrogen-bond acceptors (Lipinski definition) is 4. The molecule has 0 spiro atoms. The van der Waals surface area contributed by atoms with Gasteiger partial charge in [0.2, 0.25) is 0 Å². The molecule has 0 aliphatic heterocycles. The summed E-state index contributed by atoms with van der Waals surface area (Å²) in [6, 6.07) is 0. The maximum absolute atomic E-state index is 11.1. The molecule has 14 heavy (non-hydrogen) atoms. The normalized spacial score (nSPS) is 10.2. The van der Waals surface area contributed by atoms with Crippen LogP contribution >= 0.6 is 11.3 Å². The van der Waals surface area contributed by atoms with Gasteiger partial charge < -0.3 is 4.90 Å². The van der Waals surface area contributed by atoms with Crippen molar-refractivity contribution in [3.05, 3.63) is 11.1 Å². The third-order valence-electron chi connectivity index (χ3n) is 2.00. The van der Waals surface area contributed by atoms with Crippen LogP contribution in [0.4, 0.5) is 5.13 Å². The molecular formula is C10H16N2OS. The molecule has 4 heteroatoms. The summed E-state index contributed by atoms with van der Waals surface area (Å²) >= 11 is 1.54. The van der Waals surface area contributed by atoms with Crippen molar-refractivity contribution in [2.45, 2.75) is 27.2 Å². The van der Waals surface area contributed by atoms with Crippen LogP contribution in [-0.2, 0) is 0 Å². The lowest BCUT2D eigenvalue weighted by Gasteiger charge is -2.18. The van der Waals surface area contributed by atoms with Crippen LogP contribution in [0, 0.1) is 0 Å². The first kappa shape index (κ1) is 11.2. The van der Waals surface area contributed by atoms with E-state index in [-0.39, 0.29) is 5.78 Å². The average molecular weight is 212 g/mol. The van der Waals surface area contributed by atoms with Gasteiger partial charge >= 0.3 is 0 Å². The predicted molar refractivity (Wildman–Crippen MR) is 60.3 cm³/mol. The Labute approximate surface area is 88.8 Å². The van der Waals surface area contributed by atoms with Crippen molar-refractivity contribution in [3.63, 3.8) is 0 Å². The highest BCUT2D eigenvalue weighted by Crippen LogP contribution is 2.20. The summed E-state index contributed by atoms with van der Waals surface area (Å²) in [7, 11) is 0. The van der Waals surface area contributed by atoms with Gasteiger partial charge in [-0.15, -0.1) is 11.3 Å². The summed E-state index contributed by atoms with van der Waals surface area (Å²) in [5.41, 5.74) is 0.583. The molecular weight excluding hydrogens is 196 g/mol. The van der Waals surface area contributed by atoms with Crippen molar-refractivity contribution in [2.75, 3.05) is 18.0 Å². The van der Waals surface area contributed by atoms with Crippen molar-refractivity contribution >= 4 is 22.3 Å². The van der Waals surface area contributed by atoms with Crippen LogP contribution in [0.1, 0.15) is 37.7 Å². The quantitative estimate of drug-likeness (QED) is 0.703. The fourth-order valence-electron chi connectivity index (χ4n) is 1.23. The third kappa shape index (κ3) is 2.54. The molecule has 0 fully saturated rings. The van der Waals surface area contributed by atoms with Crippen molar-refractivity contribution in [1.82, 2.24) is 4.98 Å². The van der Waals surface area contributed by atoms with Crippen LogP contribution in [-0.4, -0.2) is 23.9 Å². The molecule has 0 unspecified atom stereocenters. The smallest absolute Gasteiger partial charge is 0.185 e. The van der Waals surface area contributed by atoms with Gasteiger partial charge in [-0.2, -0.15) is 0 Å². The first-order valence-corrected chi connectivity index (χ1v) is 5.78. The first-order chi connectivity index (χ1) is 6.69. The summed E-state index contributed by atoms with van der Waals surface area (Å²) in [5, 5.41) is 2.79. The van der Waals surface area contributed by atoms with Crippen LogP contribution in [0.15, 0.2) is 5.38 Å². The van der Waals surface area contributed by atoms with Gasteiger partial charge in [0.15, 0.2) is 10.9 Å². The lowest BCUT2D eigenvalue weighted by Crippen LogP contribution is -2.23. The number of aromatic nitrogens is 1. The van der Waals surface area contributed by atoms with Gasteiger partial charge in [-0.25, -0.2) is 4.98 Å². The van der Waals surface area contributed by atoms with Crippen molar-refractivity contribution in [2.24, 2.45) is 0 Å². The fourth-order valence-corrected chi connectivity index (χ4v) is 2.19. The van der Waals surface area contributed by atoms with E-state index in [0.717, 1.165) is 24.6 Å². The summed E-state index contributed by atoms with van der Waals surface area (Å²) in [4.78, 5) is 17.5. The number of rotatable bonds is 5. The predicted octanol–water partition coefficient (Wildman–Crippen LogP) is 2.58. The van der Waals surface area contributed by atoms with Crippen molar-refractivity contribution < 1.29 is 4.79 Å². The number of hydrogen-bond donors (Lipinski definition) is 0. The van der Waals surface area contributed by atoms with E-state index in [1.165, 1.54) is 0 Å². The molecule has 0 aromatic carbocycles. The molecule has 0 N–H and O–H groups in total. The maximum atomic E-state index is 11.1. The maximum Gasteiger partial charge on any atom is 0.185 e. The number of anilines is 1. The van der Waals surface area contributed by atoms with E-state index in [2.05, 4.69) is 23.7 Å². The number of carbonyl (C=O) groups is 1. The Bertz CT molecular complexity index is 309. The fraction of sp³-hybridized carbons (Fsp3) is 0.600. The lowest BCUT2D eigenvalue weighted by molar-refractivity contribution is 0.101. The van der Waals surface area contributed by atoms with Crippen molar-refractivity contribution in [1.29, 1.82) is 0 Å². The summed E-state index contributed by atoms with van der Waals surface area (Å²) < 4.78 is 0. The zero-order valence-corrected chi connectivity index (χ0v) is 9.73. The van der Waals surface area contributed by atoms with Crippen LogP contribution in [0.3, 0.4) is 0 Å². The molecule has 1 aromatic heterocycles. The second-order valence-electron chi connectivity index (χ2n) is 3.15. The van der Waals surface area contributed by atoms with E-state index in [4.69, 9.17) is 0 Å². The molecule has 0 bridgehead atoms. The number of thiazole rings is 1. The molecule has 3 nitrogen and oxygen atoms in total. The largest absolute Gasteiger partial charge is 0.348 e. The van der Waals surface area contributed by atoms with E-state index >= 15 is 0 Å². The molecule has 0 aliphatic carbocycles. The highest BCUT2D eigenvalue weighted by Gasteiger charge is 2.10. The molecule has 0 radical (unpaired) electrons. The average Bonchev–Trinajstić information content (AvgIpc) is 2.63. The number of carbonyl (C=O) groups excluding carboxylic acids is 1. The van der Waals surface area contributed by atoms with Gasteiger partial charge in [-0.1, -0.05) is 6.92 Å². The van der Waals surface area contributed by atoms with Crippen LogP contribution in [0.25, 0.3) is 0 Å². The second-order valence-corrected chi connectivity index (χ2v) is 3.99. The zero-order chi connectivity index (χ0) is 10.6. The topological polar surface area (TPSA) is 33.2 Å². The minimum atomic E-state index is 0.0417. The van der Waals surface area contributed by atoms with Gasteiger partial charge in [0.1, 0.15) is 5.69 Å². The highest BCUT2D eigenvalue weighted by atomic mass is 32.1. The molecule has 0 saturated heterocycles. The summed E-state index contributed by atoms with van der Waals surface area (Å²) in [6.45, 7) is 7.74. The van der Waals surface area contributed by atoms with E-state index in [0.29, 0.717) is 5.69 Å². The van der Waals surface area contributed by atoms with E-state index < -0.39 is 0 Å².